The first-order valence-electron chi connectivity index (χ1n) is 5.86. The van der Waals surface area contributed by atoms with Crippen LogP contribution >= 0.6 is 0 Å². The van der Waals surface area contributed by atoms with Crippen molar-refractivity contribution in [3.63, 3.8) is 0 Å². The number of aryl methyl sites for hydroxylation is 1. The summed E-state index contributed by atoms with van der Waals surface area (Å²) >= 11 is 0. The van der Waals surface area contributed by atoms with E-state index in [-0.39, 0.29) is 0 Å². The summed E-state index contributed by atoms with van der Waals surface area (Å²) in [6, 6.07) is 0. The molecule has 0 spiro atoms. The summed E-state index contributed by atoms with van der Waals surface area (Å²) in [4.78, 5) is 23.9. The van der Waals surface area contributed by atoms with Gasteiger partial charge in [0.1, 0.15) is 23.5 Å². The second-order valence-corrected chi connectivity index (χ2v) is 4.25. The highest BCUT2D eigenvalue weighted by atomic mass is 15.3. The van der Waals surface area contributed by atoms with E-state index in [0.717, 1.165) is 0 Å². The molecule has 4 aromatic heterocycles. The quantitative estimate of drug-likeness (QED) is 0.510. The van der Waals surface area contributed by atoms with Crippen LogP contribution in [0.1, 0.15) is 5.82 Å². The van der Waals surface area contributed by atoms with Gasteiger partial charge < -0.3 is 10.7 Å². The number of H-pyrrole nitrogens is 1. The molecule has 4 rings (SSSR count). The van der Waals surface area contributed by atoms with Gasteiger partial charge in [0, 0.05) is 0 Å². The number of nitrogens with two attached hydrogens (primary N) is 1. The van der Waals surface area contributed by atoms with Crippen molar-refractivity contribution in [1.82, 2.24) is 39.7 Å². The smallest absolute Gasteiger partial charge is 0.185 e. The SMILES string of the molecule is Cc1nc(N)c2cnn(-c3ncnc4nc[nH]c34)c2n1. The Morgan fingerprint density at radius 3 is 3.00 bits per heavy atom. The van der Waals surface area contributed by atoms with Gasteiger partial charge in [0.2, 0.25) is 0 Å². The Kier molecular flexibility index (Phi) is 1.99. The van der Waals surface area contributed by atoms with Crippen molar-refractivity contribution in [3.8, 4) is 5.82 Å². The lowest BCUT2D eigenvalue weighted by molar-refractivity contribution is 0.859. The van der Waals surface area contributed by atoms with Gasteiger partial charge >= 0.3 is 0 Å². The van der Waals surface area contributed by atoms with E-state index >= 15 is 0 Å². The molecule has 0 amide bonds. The molecule has 0 atom stereocenters. The Balaban J connectivity index is 2.10. The fourth-order valence-electron chi connectivity index (χ4n) is 2.11. The maximum absolute atomic E-state index is 5.88. The van der Waals surface area contributed by atoms with Crippen molar-refractivity contribution in [3.05, 3.63) is 24.7 Å². The van der Waals surface area contributed by atoms with Gasteiger partial charge in [-0.1, -0.05) is 0 Å². The molecule has 0 radical (unpaired) electrons. The summed E-state index contributed by atoms with van der Waals surface area (Å²) in [5.41, 5.74) is 7.74. The lowest BCUT2D eigenvalue weighted by atomic mass is 10.4. The predicted molar refractivity (Wildman–Crippen MR) is 71.1 cm³/mol. The monoisotopic (exact) mass is 267 g/mol. The molecule has 0 aliphatic heterocycles. The molecule has 0 saturated heterocycles. The van der Waals surface area contributed by atoms with Crippen LogP contribution in [0.15, 0.2) is 18.9 Å². The Hall–Kier alpha value is -3.10. The number of fused-ring (bicyclic) bond motifs is 2. The van der Waals surface area contributed by atoms with Crippen LogP contribution in [-0.4, -0.2) is 39.7 Å². The second kappa shape index (κ2) is 3.70. The van der Waals surface area contributed by atoms with Crippen LogP contribution in [0.4, 0.5) is 5.82 Å². The number of aromatic nitrogens is 8. The van der Waals surface area contributed by atoms with Crippen LogP contribution in [0.5, 0.6) is 0 Å². The molecule has 0 aliphatic rings. The van der Waals surface area contributed by atoms with E-state index in [1.54, 1.807) is 24.1 Å². The largest absolute Gasteiger partial charge is 0.383 e. The van der Waals surface area contributed by atoms with E-state index in [4.69, 9.17) is 5.73 Å². The van der Waals surface area contributed by atoms with Crippen molar-refractivity contribution < 1.29 is 0 Å². The highest BCUT2D eigenvalue weighted by Crippen LogP contribution is 2.22. The van der Waals surface area contributed by atoms with Crippen LogP contribution in [0.2, 0.25) is 0 Å². The Bertz CT molecular complexity index is 936. The van der Waals surface area contributed by atoms with Gasteiger partial charge in [-0.3, -0.25) is 0 Å². The molecule has 9 heteroatoms. The Morgan fingerprint density at radius 2 is 2.10 bits per heavy atom. The number of nitrogens with zero attached hydrogens (tertiary/aromatic N) is 7. The van der Waals surface area contributed by atoms with E-state index in [1.165, 1.54) is 6.33 Å². The number of aromatic amines is 1. The van der Waals surface area contributed by atoms with Crippen LogP contribution < -0.4 is 5.73 Å². The van der Waals surface area contributed by atoms with E-state index in [1.807, 2.05) is 0 Å². The Labute approximate surface area is 111 Å². The fourth-order valence-corrected chi connectivity index (χ4v) is 2.11. The lowest BCUT2D eigenvalue weighted by Crippen LogP contribution is -2.04. The molecule has 3 N–H and O–H groups in total. The molecule has 0 saturated carbocycles. The van der Waals surface area contributed by atoms with E-state index in [0.29, 0.717) is 39.7 Å². The number of hydrogen-bond donors (Lipinski definition) is 2. The molecule has 20 heavy (non-hydrogen) atoms. The van der Waals surface area contributed by atoms with E-state index in [9.17, 15) is 0 Å². The summed E-state index contributed by atoms with van der Waals surface area (Å²) in [5, 5.41) is 4.98. The second-order valence-electron chi connectivity index (χ2n) is 4.25. The van der Waals surface area contributed by atoms with Crippen molar-refractivity contribution in [1.29, 1.82) is 0 Å². The number of anilines is 1. The summed E-state index contributed by atoms with van der Waals surface area (Å²) in [5.74, 6) is 1.54. The first-order valence-corrected chi connectivity index (χ1v) is 5.86. The third-order valence-corrected chi connectivity index (χ3v) is 2.97. The van der Waals surface area contributed by atoms with Gasteiger partial charge in [0.05, 0.1) is 17.9 Å². The zero-order valence-corrected chi connectivity index (χ0v) is 10.4. The highest BCUT2D eigenvalue weighted by molar-refractivity contribution is 5.88. The van der Waals surface area contributed by atoms with Gasteiger partial charge in [-0.2, -0.15) is 9.78 Å². The first kappa shape index (κ1) is 10.8. The average molecular weight is 267 g/mol. The topological polar surface area (TPSA) is 124 Å². The molecule has 0 fully saturated rings. The van der Waals surface area contributed by atoms with Gasteiger partial charge in [-0.25, -0.2) is 24.9 Å². The molecule has 4 aromatic rings. The summed E-state index contributed by atoms with van der Waals surface area (Å²) in [6.45, 7) is 1.78. The molecule has 0 unspecified atom stereocenters. The molecule has 9 nitrogen and oxygen atoms in total. The zero-order valence-electron chi connectivity index (χ0n) is 10.4. The van der Waals surface area contributed by atoms with Crippen LogP contribution in [0.25, 0.3) is 28.0 Å². The normalized spacial score (nSPS) is 11.4. The van der Waals surface area contributed by atoms with Crippen molar-refractivity contribution in [2.24, 2.45) is 0 Å². The summed E-state index contributed by atoms with van der Waals surface area (Å²) in [6.07, 6.45) is 4.61. The summed E-state index contributed by atoms with van der Waals surface area (Å²) in [7, 11) is 0. The number of nitrogens with one attached hydrogen (secondary N) is 1. The predicted octanol–water partition coefficient (Wildman–Crippen LogP) is 0.372. The number of hydrogen-bond acceptors (Lipinski definition) is 7. The van der Waals surface area contributed by atoms with Crippen molar-refractivity contribution in [2.75, 3.05) is 5.73 Å². The Morgan fingerprint density at radius 1 is 1.20 bits per heavy atom. The lowest BCUT2D eigenvalue weighted by Gasteiger charge is -2.03. The zero-order chi connectivity index (χ0) is 13.7. The summed E-state index contributed by atoms with van der Waals surface area (Å²) < 4.78 is 1.60. The first-order chi connectivity index (χ1) is 9.74. The van der Waals surface area contributed by atoms with Gasteiger partial charge in [-0.05, 0) is 6.92 Å². The van der Waals surface area contributed by atoms with Crippen molar-refractivity contribution >= 4 is 28.0 Å². The maximum Gasteiger partial charge on any atom is 0.185 e. The van der Waals surface area contributed by atoms with E-state index < -0.39 is 0 Å². The van der Waals surface area contributed by atoms with Crippen LogP contribution in [0, 0.1) is 6.92 Å². The third kappa shape index (κ3) is 1.37. The van der Waals surface area contributed by atoms with Crippen molar-refractivity contribution in [2.45, 2.75) is 6.92 Å². The molecule has 4 heterocycles. The molecule has 0 aromatic carbocycles. The van der Waals surface area contributed by atoms with Crippen LogP contribution in [-0.2, 0) is 0 Å². The molecular formula is C11H9N9. The minimum absolute atomic E-state index is 0.397. The number of nitrogen functional groups attached to an aromatic ring is 1. The highest BCUT2D eigenvalue weighted by Gasteiger charge is 2.15. The fraction of sp³-hybridized carbons (Fsp3) is 0.0909. The average Bonchev–Trinajstić information content (AvgIpc) is 3.03. The number of rotatable bonds is 1. The molecular weight excluding hydrogens is 258 g/mol. The molecule has 98 valence electrons. The standard InChI is InChI=1S/C11H9N9/c1-5-18-8(12)6-2-17-20(10(6)19-5)11-7-9(14-3-13-7)15-4-16-11/h2-4H,1H3,(H2,12,18,19)(H,13,14,15,16). The van der Waals surface area contributed by atoms with Gasteiger partial charge in [0.25, 0.3) is 0 Å². The molecule has 0 aliphatic carbocycles. The minimum atomic E-state index is 0.397. The number of imidazole rings is 1. The third-order valence-electron chi connectivity index (χ3n) is 2.97. The molecule has 0 bridgehead atoms. The van der Waals surface area contributed by atoms with E-state index in [2.05, 4.69) is 35.0 Å². The van der Waals surface area contributed by atoms with Gasteiger partial charge in [-0.15, -0.1) is 0 Å². The maximum atomic E-state index is 5.88. The van der Waals surface area contributed by atoms with Gasteiger partial charge in [0.15, 0.2) is 17.1 Å². The minimum Gasteiger partial charge on any atom is -0.383 e. The van der Waals surface area contributed by atoms with Crippen LogP contribution in [0.3, 0.4) is 0 Å².